The minimum Gasteiger partial charge on any atom is -0.366 e. The number of carbonyl (C=O) groups excluding carboxylic acids is 2. The van der Waals surface area contributed by atoms with Gasteiger partial charge in [0.25, 0.3) is 5.91 Å². The Labute approximate surface area is 159 Å². The van der Waals surface area contributed by atoms with Crippen molar-refractivity contribution >= 4 is 11.8 Å². The topological polar surface area (TPSA) is 75.4 Å². The molecule has 140 valence electrons. The van der Waals surface area contributed by atoms with Crippen molar-refractivity contribution in [1.29, 1.82) is 0 Å². The van der Waals surface area contributed by atoms with Crippen molar-refractivity contribution < 1.29 is 9.59 Å². The first-order chi connectivity index (χ1) is 13.1. The zero-order valence-corrected chi connectivity index (χ0v) is 15.4. The lowest BCUT2D eigenvalue weighted by molar-refractivity contribution is 0.0623. The second-order valence-corrected chi connectivity index (χ2v) is 7.44. The molecule has 4 rings (SSSR count). The van der Waals surface area contributed by atoms with Gasteiger partial charge in [0.1, 0.15) is 0 Å². The van der Waals surface area contributed by atoms with Crippen molar-refractivity contribution in [2.45, 2.75) is 37.8 Å². The van der Waals surface area contributed by atoms with Crippen molar-refractivity contribution in [2.75, 3.05) is 13.1 Å². The fourth-order valence-corrected chi connectivity index (χ4v) is 3.85. The molecule has 0 atom stereocenters. The molecule has 0 radical (unpaired) electrons. The summed E-state index contributed by atoms with van der Waals surface area (Å²) >= 11 is 0. The first-order valence-electron chi connectivity index (χ1n) is 9.67. The number of nitrogens with two attached hydrogens (primary N) is 1. The maximum atomic E-state index is 13.1. The molecule has 1 saturated heterocycles. The van der Waals surface area contributed by atoms with Crippen molar-refractivity contribution in [2.24, 2.45) is 5.73 Å². The standard InChI is InChI=1S/C22H25N3O2/c23-21(26)17-5-1-15(2-6-17)16-3-7-18(8-4-16)22(27)25(19-9-10-19)20-11-13-24-14-12-20/h1-8,19-20,24H,9-14H2,(H2,23,26). The van der Waals surface area contributed by atoms with Crippen LogP contribution >= 0.6 is 0 Å². The maximum Gasteiger partial charge on any atom is 0.254 e. The van der Waals surface area contributed by atoms with E-state index in [0.717, 1.165) is 55.5 Å². The number of hydrogen-bond donors (Lipinski definition) is 2. The fourth-order valence-electron chi connectivity index (χ4n) is 3.85. The number of nitrogens with one attached hydrogen (secondary N) is 1. The van der Waals surface area contributed by atoms with Crippen LogP contribution in [0.1, 0.15) is 46.4 Å². The third-order valence-corrected chi connectivity index (χ3v) is 5.51. The van der Waals surface area contributed by atoms with Crippen molar-refractivity contribution in [3.8, 4) is 11.1 Å². The molecule has 5 heteroatoms. The first-order valence-corrected chi connectivity index (χ1v) is 9.67. The molecule has 1 aliphatic heterocycles. The molecule has 1 aliphatic carbocycles. The van der Waals surface area contributed by atoms with Gasteiger partial charge in [-0.05, 0) is 74.2 Å². The van der Waals surface area contributed by atoms with Gasteiger partial charge in [0.05, 0.1) is 0 Å². The third kappa shape index (κ3) is 3.88. The highest BCUT2D eigenvalue weighted by atomic mass is 16.2. The van der Waals surface area contributed by atoms with Crippen LogP contribution in [-0.4, -0.2) is 41.9 Å². The van der Waals surface area contributed by atoms with Gasteiger partial charge in [0.15, 0.2) is 0 Å². The van der Waals surface area contributed by atoms with Gasteiger partial charge in [0, 0.05) is 23.2 Å². The average molecular weight is 363 g/mol. The summed E-state index contributed by atoms with van der Waals surface area (Å²) in [6, 6.07) is 15.7. The molecule has 2 aromatic rings. The van der Waals surface area contributed by atoms with E-state index in [1.165, 1.54) is 0 Å². The van der Waals surface area contributed by atoms with E-state index in [0.29, 0.717) is 17.6 Å². The summed E-state index contributed by atoms with van der Waals surface area (Å²) in [6.45, 7) is 1.98. The monoisotopic (exact) mass is 363 g/mol. The summed E-state index contributed by atoms with van der Waals surface area (Å²) in [6.07, 6.45) is 4.32. The van der Waals surface area contributed by atoms with E-state index in [2.05, 4.69) is 10.2 Å². The SMILES string of the molecule is NC(=O)c1ccc(-c2ccc(C(=O)N(C3CCNCC3)C3CC3)cc2)cc1. The van der Waals surface area contributed by atoms with Gasteiger partial charge in [-0.1, -0.05) is 24.3 Å². The predicted molar refractivity (Wildman–Crippen MR) is 105 cm³/mol. The molecule has 1 saturated carbocycles. The molecule has 2 amide bonds. The number of amides is 2. The minimum absolute atomic E-state index is 0.153. The number of primary amides is 1. The van der Waals surface area contributed by atoms with E-state index in [-0.39, 0.29) is 5.91 Å². The first kappa shape index (κ1) is 17.7. The number of carbonyl (C=O) groups is 2. The van der Waals surface area contributed by atoms with Gasteiger partial charge in [-0.3, -0.25) is 9.59 Å². The second kappa shape index (κ2) is 7.53. The van der Waals surface area contributed by atoms with Crippen LogP contribution < -0.4 is 11.1 Å². The Bertz CT molecular complexity index is 820. The summed E-state index contributed by atoms with van der Waals surface area (Å²) in [5, 5.41) is 3.38. The van der Waals surface area contributed by atoms with Crippen LogP contribution in [0.5, 0.6) is 0 Å². The molecule has 5 nitrogen and oxygen atoms in total. The zero-order valence-electron chi connectivity index (χ0n) is 15.4. The molecule has 0 aromatic heterocycles. The molecule has 2 fully saturated rings. The number of nitrogens with zero attached hydrogens (tertiary/aromatic N) is 1. The molecular formula is C22H25N3O2. The highest BCUT2D eigenvalue weighted by Gasteiger charge is 2.38. The smallest absolute Gasteiger partial charge is 0.254 e. The average Bonchev–Trinajstić information content (AvgIpc) is 3.54. The van der Waals surface area contributed by atoms with Crippen LogP contribution in [0.4, 0.5) is 0 Å². The van der Waals surface area contributed by atoms with Crippen LogP contribution in [0.25, 0.3) is 11.1 Å². The lowest BCUT2D eigenvalue weighted by atomic mass is 10.0. The van der Waals surface area contributed by atoms with E-state index in [9.17, 15) is 9.59 Å². The molecule has 0 spiro atoms. The van der Waals surface area contributed by atoms with Crippen LogP contribution in [0.2, 0.25) is 0 Å². The number of rotatable bonds is 5. The van der Waals surface area contributed by atoms with Gasteiger partial charge in [-0.2, -0.15) is 0 Å². The minimum atomic E-state index is -0.430. The zero-order chi connectivity index (χ0) is 18.8. The van der Waals surface area contributed by atoms with Crippen LogP contribution in [0.15, 0.2) is 48.5 Å². The Balaban J connectivity index is 1.52. The van der Waals surface area contributed by atoms with Crippen LogP contribution in [-0.2, 0) is 0 Å². The molecule has 27 heavy (non-hydrogen) atoms. The number of benzene rings is 2. The third-order valence-electron chi connectivity index (χ3n) is 5.51. The Hall–Kier alpha value is -2.66. The lowest BCUT2D eigenvalue weighted by Gasteiger charge is -2.35. The van der Waals surface area contributed by atoms with E-state index < -0.39 is 5.91 Å². The van der Waals surface area contributed by atoms with E-state index in [1.54, 1.807) is 12.1 Å². The van der Waals surface area contributed by atoms with Gasteiger partial charge < -0.3 is 16.0 Å². The van der Waals surface area contributed by atoms with Crippen LogP contribution in [0, 0.1) is 0 Å². The number of hydrogen-bond acceptors (Lipinski definition) is 3. The molecule has 2 aromatic carbocycles. The molecular weight excluding hydrogens is 338 g/mol. The normalized spacial score (nSPS) is 17.5. The van der Waals surface area contributed by atoms with Gasteiger partial charge in [-0.25, -0.2) is 0 Å². The van der Waals surface area contributed by atoms with Gasteiger partial charge in [0.2, 0.25) is 5.91 Å². The summed E-state index contributed by atoms with van der Waals surface area (Å²) in [4.78, 5) is 26.5. The summed E-state index contributed by atoms with van der Waals surface area (Å²) < 4.78 is 0. The Morgan fingerprint density at radius 3 is 1.74 bits per heavy atom. The summed E-state index contributed by atoms with van der Waals surface area (Å²) in [5.41, 5.74) is 8.54. The van der Waals surface area contributed by atoms with Crippen LogP contribution in [0.3, 0.4) is 0 Å². The summed E-state index contributed by atoms with van der Waals surface area (Å²) in [7, 11) is 0. The molecule has 0 unspecified atom stereocenters. The summed E-state index contributed by atoms with van der Waals surface area (Å²) in [5.74, 6) is -0.277. The quantitative estimate of drug-likeness (QED) is 0.858. The number of piperidine rings is 1. The lowest BCUT2D eigenvalue weighted by Crippen LogP contribution is -2.47. The van der Waals surface area contributed by atoms with E-state index in [4.69, 9.17) is 5.73 Å². The maximum absolute atomic E-state index is 13.1. The predicted octanol–water partition coefficient (Wildman–Crippen LogP) is 2.81. The molecule has 3 N–H and O–H groups in total. The van der Waals surface area contributed by atoms with Crippen molar-refractivity contribution in [1.82, 2.24) is 10.2 Å². The Morgan fingerprint density at radius 1 is 0.778 bits per heavy atom. The molecule has 1 heterocycles. The largest absolute Gasteiger partial charge is 0.366 e. The Morgan fingerprint density at radius 2 is 1.26 bits per heavy atom. The second-order valence-electron chi connectivity index (χ2n) is 7.44. The highest BCUT2D eigenvalue weighted by Crippen LogP contribution is 2.33. The van der Waals surface area contributed by atoms with Crippen molar-refractivity contribution in [3.63, 3.8) is 0 Å². The van der Waals surface area contributed by atoms with E-state index >= 15 is 0 Å². The Kier molecular flexibility index (Phi) is 4.94. The molecule has 0 bridgehead atoms. The van der Waals surface area contributed by atoms with E-state index in [1.807, 2.05) is 36.4 Å². The van der Waals surface area contributed by atoms with Gasteiger partial charge in [-0.15, -0.1) is 0 Å². The van der Waals surface area contributed by atoms with Crippen molar-refractivity contribution in [3.05, 3.63) is 59.7 Å². The highest BCUT2D eigenvalue weighted by molar-refractivity contribution is 5.95. The molecule has 2 aliphatic rings. The van der Waals surface area contributed by atoms with Gasteiger partial charge >= 0.3 is 0 Å². The fraction of sp³-hybridized carbons (Fsp3) is 0.364.